The molecule has 17 heavy (non-hydrogen) atoms. The summed E-state index contributed by atoms with van der Waals surface area (Å²) in [7, 11) is 0. The number of nitrogens with zero attached hydrogens (tertiary/aromatic N) is 2. The summed E-state index contributed by atoms with van der Waals surface area (Å²) in [4.78, 5) is 5.16. The van der Waals surface area contributed by atoms with E-state index in [-0.39, 0.29) is 0 Å². The summed E-state index contributed by atoms with van der Waals surface area (Å²) in [6.07, 6.45) is 1.28. The molecule has 0 aliphatic carbocycles. The molecule has 0 unspecified atom stereocenters. The van der Waals surface area contributed by atoms with Gasteiger partial charge in [0.25, 0.3) is 0 Å². The van der Waals surface area contributed by atoms with Crippen LogP contribution in [-0.2, 0) is 4.74 Å². The van der Waals surface area contributed by atoms with Crippen molar-refractivity contribution in [2.75, 3.05) is 59.0 Å². The maximum Gasteiger partial charge on any atom is 0.0594 e. The van der Waals surface area contributed by atoms with Gasteiger partial charge in [0.1, 0.15) is 0 Å². The van der Waals surface area contributed by atoms with E-state index in [1.165, 1.54) is 26.1 Å². The Hall–Kier alpha value is -0.160. The fourth-order valence-electron chi connectivity index (χ4n) is 2.75. The van der Waals surface area contributed by atoms with Gasteiger partial charge in [-0.2, -0.15) is 0 Å². The van der Waals surface area contributed by atoms with Crippen LogP contribution in [0.4, 0.5) is 0 Å². The molecule has 0 aromatic rings. The van der Waals surface area contributed by atoms with Crippen LogP contribution < -0.4 is 5.32 Å². The van der Waals surface area contributed by atoms with Gasteiger partial charge in [-0.1, -0.05) is 0 Å². The molecule has 1 N–H and O–H groups in total. The average molecular weight is 241 g/mol. The van der Waals surface area contributed by atoms with Crippen molar-refractivity contribution in [3.63, 3.8) is 0 Å². The summed E-state index contributed by atoms with van der Waals surface area (Å²) in [5, 5.41) is 3.48. The topological polar surface area (TPSA) is 27.7 Å². The van der Waals surface area contributed by atoms with Gasteiger partial charge in [-0.05, 0) is 33.4 Å². The molecular weight excluding hydrogens is 214 g/mol. The Labute approximate surface area is 105 Å². The lowest BCUT2D eigenvalue weighted by molar-refractivity contribution is 0.0318. The van der Waals surface area contributed by atoms with Gasteiger partial charge >= 0.3 is 0 Å². The summed E-state index contributed by atoms with van der Waals surface area (Å²) < 4.78 is 5.37. The summed E-state index contributed by atoms with van der Waals surface area (Å²) >= 11 is 0. The Balaban J connectivity index is 1.66. The molecular formula is C13H27N3O. The SMILES string of the molecule is CC1(C)CNCCN1CCCN1CCOCC1. The molecule has 2 rings (SSSR count). The number of nitrogens with one attached hydrogen (secondary N) is 1. The monoisotopic (exact) mass is 241 g/mol. The molecule has 0 saturated carbocycles. The minimum absolute atomic E-state index is 0.323. The van der Waals surface area contributed by atoms with Crippen molar-refractivity contribution >= 4 is 0 Å². The molecule has 0 bridgehead atoms. The molecule has 0 radical (unpaired) electrons. The Bertz CT molecular complexity index is 227. The van der Waals surface area contributed by atoms with Crippen molar-refractivity contribution in [3.05, 3.63) is 0 Å². The van der Waals surface area contributed by atoms with E-state index in [0.717, 1.165) is 39.4 Å². The van der Waals surface area contributed by atoms with Crippen molar-refractivity contribution in [2.45, 2.75) is 25.8 Å². The van der Waals surface area contributed by atoms with Crippen molar-refractivity contribution in [3.8, 4) is 0 Å². The molecule has 4 nitrogen and oxygen atoms in total. The molecule has 0 spiro atoms. The van der Waals surface area contributed by atoms with E-state index in [4.69, 9.17) is 4.74 Å². The summed E-state index contributed by atoms with van der Waals surface area (Å²) in [5.74, 6) is 0. The minimum Gasteiger partial charge on any atom is -0.379 e. The van der Waals surface area contributed by atoms with Crippen LogP contribution in [0.5, 0.6) is 0 Å². The fraction of sp³-hybridized carbons (Fsp3) is 1.00. The molecule has 2 saturated heterocycles. The first-order valence-corrected chi connectivity index (χ1v) is 6.94. The van der Waals surface area contributed by atoms with Crippen LogP contribution in [0.25, 0.3) is 0 Å². The van der Waals surface area contributed by atoms with E-state index in [9.17, 15) is 0 Å². The van der Waals surface area contributed by atoms with Crippen LogP contribution in [0.15, 0.2) is 0 Å². The number of ether oxygens (including phenoxy) is 1. The Morgan fingerprint density at radius 1 is 1.12 bits per heavy atom. The fourth-order valence-corrected chi connectivity index (χ4v) is 2.75. The van der Waals surface area contributed by atoms with Crippen LogP contribution in [0.1, 0.15) is 20.3 Å². The number of hydrogen-bond acceptors (Lipinski definition) is 4. The molecule has 4 heteroatoms. The maximum absolute atomic E-state index is 5.37. The Kier molecular flexibility index (Phi) is 4.79. The zero-order valence-electron chi connectivity index (χ0n) is 11.4. The third kappa shape index (κ3) is 3.91. The minimum atomic E-state index is 0.323. The first kappa shape index (κ1) is 13.3. The quantitative estimate of drug-likeness (QED) is 0.771. The summed E-state index contributed by atoms with van der Waals surface area (Å²) in [6.45, 7) is 14.6. The van der Waals surface area contributed by atoms with Gasteiger partial charge in [-0.25, -0.2) is 0 Å². The van der Waals surface area contributed by atoms with E-state index in [1.54, 1.807) is 0 Å². The van der Waals surface area contributed by atoms with Crippen LogP contribution in [0.3, 0.4) is 0 Å². The maximum atomic E-state index is 5.37. The van der Waals surface area contributed by atoms with E-state index >= 15 is 0 Å². The molecule has 2 heterocycles. The van der Waals surface area contributed by atoms with Crippen molar-refractivity contribution < 1.29 is 4.74 Å². The van der Waals surface area contributed by atoms with Gasteiger partial charge in [-0.3, -0.25) is 9.80 Å². The predicted octanol–water partition coefficient (Wildman–Crippen LogP) is 0.393. The zero-order chi connectivity index (χ0) is 12.1. The largest absolute Gasteiger partial charge is 0.379 e. The predicted molar refractivity (Wildman–Crippen MR) is 70.4 cm³/mol. The van der Waals surface area contributed by atoms with E-state index in [1.807, 2.05) is 0 Å². The molecule has 0 amide bonds. The highest BCUT2D eigenvalue weighted by Gasteiger charge is 2.28. The van der Waals surface area contributed by atoms with Crippen molar-refractivity contribution in [2.24, 2.45) is 0 Å². The highest BCUT2D eigenvalue weighted by Crippen LogP contribution is 2.16. The molecule has 2 fully saturated rings. The van der Waals surface area contributed by atoms with Gasteiger partial charge in [0, 0.05) is 38.3 Å². The lowest BCUT2D eigenvalue weighted by Crippen LogP contribution is -2.58. The van der Waals surface area contributed by atoms with Gasteiger partial charge < -0.3 is 10.1 Å². The first-order valence-electron chi connectivity index (χ1n) is 6.94. The highest BCUT2D eigenvalue weighted by molar-refractivity contribution is 4.88. The molecule has 0 atom stereocenters. The number of piperazine rings is 1. The zero-order valence-corrected chi connectivity index (χ0v) is 11.4. The van der Waals surface area contributed by atoms with Crippen LogP contribution in [0, 0.1) is 0 Å². The molecule has 2 aliphatic heterocycles. The lowest BCUT2D eigenvalue weighted by atomic mass is 10.00. The van der Waals surface area contributed by atoms with E-state index in [2.05, 4.69) is 29.0 Å². The normalized spacial score (nSPS) is 27.2. The van der Waals surface area contributed by atoms with Gasteiger partial charge in [0.15, 0.2) is 0 Å². The second kappa shape index (κ2) is 6.14. The van der Waals surface area contributed by atoms with Crippen molar-refractivity contribution in [1.29, 1.82) is 0 Å². The lowest BCUT2D eigenvalue weighted by Gasteiger charge is -2.43. The third-order valence-electron chi connectivity index (χ3n) is 3.98. The van der Waals surface area contributed by atoms with Crippen LogP contribution >= 0.6 is 0 Å². The Morgan fingerprint density at radius 3 is 2.59 bits per heavy atom. The number of rotatable bonds is 4. The van der Waals surface area contributed by atoms with Crippen molar-refractivity contribution in [1.82, 2.24) is 15.1 Å². The van der Waals surface area contributed by atoms with Gasteiger partial charge in [0.2, 0.25) is 0 Å². The van der Waals surface area contributed by atoms with E-state index in [0.29, 0.717) is 5.54 Å². The number of hydrogen-bond donors (Lipinski definition) is 1. The van der Waals surface area contributed by atoms with Gasteiger partial charge in [0.05, 0.1) is 13.2 Å². The van der Waals surface area contributed by atoms with Crippen LogP contribution in [0.2, 0.25) is 0 Å². The van der Waals surface area contributed by atoms with Gasteiger partial charge in [-0.15, -0.1) is 0 Å². The number of morpholine rings is 1. The molecule has 0 aromatic heterocycles. The summed E-state index contributed by atoms with van der Waals surface area (Å²) in [6, 6.07) is 0. The average Bonchev–Trinajstić information content (AvgIpc) is 2.32. The Morgan fingerprint density at radius 2 is 1.88 bits per heavy atom. The molecule has 100 valence electrons. The smallest absolute Gasteiger partial charge is 0.0594 e. The third-order valence-corrected chi connectivity index (χ3v) is 3.98. The second-order valence-electron chi connectivity index (χ2n) is 5.78. The second-order valence-corrected chi connectivity index (χ2v) is 5.78. The standard InChI is InChI=1S/C13H27N3O/c1-13(2)12-14-4-7-16(13)6-3-5-15-8-10-17-11-9-15/h14H,3-12H2,1-2H3. The first-order chi connectivity index (χ1) is 8.18. The van der Waals surface area contributed by atoms with E-state index < -0.39 is 0 Å². The molecule has 0 aromatic carbocycles. The highest BCUT2D eigenvalue weighted by atomic mass is 16.5. The summed E-state index contributed by atoms with van der Waals surface area (Å²) in [5.41, 5.74) is 0.323. The van der Waals surface area contributed by atoms with Crippen LogP contribution in [-0.4, -0.2) is 74.4 Å². The molecule has 2 aliphatic rings.